The van der Waals surface area contributed by atoms with Crippen LogP contribution in [0.2, 0.25) is 0 Å². The molecule has 1 amide bonds. The fourth-order valence-electron chi connectivity index (χ4n) is 3.78. The molecule has 31 heavy (non-hydrogen) atoms. The molecule has 0 fully saturated rings. The number of rotatable bonds is 6. The fourth-order valence-corrected chi connectivity index (χ4v) is 5.41. The van der Waals surface area contributed by atoms with E-state index in [0.717, 1.165) is 30.7 Å². The van der Waals surface area contributed by atoms with E-state index in [4.69, 9.17) is 0 Å². The molecule has 5 nitrogen and oxygen atoms in total. The van der Waals surface area contributed by atoms with Gasteiger partial charge in [0.25, 0.3) is 0 Å². The molecular formula is C22H20F2N2O3S2. The molecule has 0 radical (unpaired) electrons. The number of fused-ring (bicyclic) bond motifs is 1. The smallest absolute Gasteiger partial charge is 0.325 e. The summed E-state index contributed by atoms with van der Waals surface area (Å²) in [5.74, 6) is -3.74. The summed E-state index contributed by atoms with van der Waals surface area (Å²) in [5.41, 5.74) is 2.66. The van der Waals surface area contributed by atoms with Gasteiger partial charge in [0.2, 0.25) is 15.7 Å². The third-order valence-corrected chi connectivity index (χ3v) is 7.62. The number of amides is 1. The van der Waals surface area contributed by atoms with E-state index in [9.17, 15) is 22.0 Å². The highest BCUT2D eigenvalue weighted by molar-refractivity contribution is 7.91. The molecular weight excluding hydrogens is 442 g/mol. The number of nitrogens with zero attached hydrogens (tertiary/aromatic N) is 1. The lowest BCUT2D eigenvalue weighted by atomic mass is 9.93. The van der Waals surface area contributed by atoms with Crippen LogP contribution >= 0.6 is 11.3 Å². The van der Waals surface area contributed by atoms with E-state index in [0.29, 0.717) is 5.69 Å². The van der Waals surface area contributed by atoms with Crippen molar-refractivity contribution in [2.75, 3.05) is 18.4 Å². The van der Waals surface area contributed by atoms with Crippen molar-refractivity contribution in [3.63, 3.8) is 0 Å². The molecule has 1 aliphatic rings. The molecule has 1 aromatic heterocycles. The maximum atomic E-state index is 12.7. The molecule has 0 unspecified atom stereocenters. The number of alkyl halides is 2. The Kier molecular flexibility index (Phi) is 6.17. The number of carbonyl (C=O) groups excluding carboxylic acids is 1. The molecule has 0 saturated carbocycles. The molecule has 0 bridgehead atoms. The maximum Gasteiger partial charge on any atom is 0.341 e. The summed E-state index contributed by atoms with van der Waals surface area (Å²) in [5, 5.41) is 4.80. The second-order valence-electron chi connectivity index (χ2n) is 7.21. The maximum absolute atomic E-state index is 12.7. The van der Waals surface area contributed by atoms with E-state index in [1.807, 2.05) is 30.3 Å². The van der Waals surface area contributed by atoms with Gasteiger partial charge in [0, 0.05) is 17.1 Å². The van der Waals surface area contributed by atoms with Gasteiger partial charge in [-0.2, -0.15) is 8.78 Å². The van der Waals surface area contributed by atoms with Crippen LogP contribution in [0.3, 0.4) is 0 Å². The van der Waals surface area contributed by atoms with Gasteiger partial charge in [-0.3, -0.25) is 9.69 Å². The topological polar surface area (TPSA) is 66.5 Å². The van der Waals surface area contributed by atoms with Gasteiger partial charge in [0.1, 0.15) is 0 Å². The molecule has 4 rings (SSSR count). The molecule has 0 spiro atoms. The SMILES string of the molecule is O=C(CN1CCc2sccc2[C@H]1c1ccccc1)Nc1ccc(S(=O)(=O)C(F)F)cc1. The quantitative estimate of drug-likeness (QED) is 0.592. The van der Waals surface area contributed by atoms with Gasteiger partial charge in [0.15, 0.2) is 0 Å². The molecule has 162 valence electrons. The van der Waals surface area contributed by atoms with Gasteiger partial charge in [-0.1, -0.05) is 30.3 Å². The minimum atomic E-state index is -4.66. The van der Waals surface area contributed by atoms with Crippen LogP contribution in [0, 0.1) is 0 Å². The molecule has 1 aliphatic heterocycles. The predicted octanol–water partition coefficient (Wildman–Crippen LogP) is 4.33. The Balaban J connectivity index is 1.49. The number of thiophene rings is 1. The Morgan fingerprint density at radius 3 is 2.48 bits per heavy atom. The first-order valence-corrected chi connectivity index (χ1v) is 12.1. The van der Waals surface area contributed by atoms with E-state index in [1.165, 1.54) is 22.6 Å². The molecule has 3 aromatic rings. The van der Waals surface area contributed by atoms with Crippen molar-refractivity contribution in [1.82, 2.24) is 4.90 Å². The second kappa shape index (κ2) is 8.86. The first-order chi connectivity index (χ1) is 14.9. The molecule has 9 heteroatoms. The van der Waals surface area contributed by atoms with Crippen LogP contribution in [0.1, 0.15) is 22.0 Å². The van der Waals surface area contributed by atoms with Gasteiger partial charge in [-0.05, 0) is 53.3 Å². The van der Waals surface area contributed by atoms with E-state index < -0.39 is 20.5 Å². The normalized spacial score (nSPS) is 16.8. The lowest BCUT2D eigenvalue weighted by Crippen LogP contribution is -2.40. The van der Waals surface area contributed by atoms with E-state index in [2.05, 4.69) is 21.7 Å². The van der Waals surface area contributed by atoms with Crippen LogP contribution in [0.5, 0.6) is 0 Å². The Labute approximate surface area is 183 Å². The van der Waals surface area contributed by atoms with Crippen molar-refractivity contribution >= 4 is 32.8 Å². The fraction of sp³-hybridized carbons (Fsp3) is 0.227. The van der Waals surface area contributed by atoms with E-state index >= 15 is 0 Å². The van der Waals surface area contributed by atoms with Crippen LogP contribution in [0.25, 0.3) is 0 Å². The van der Waals surface area contributed by atoms with Crippen LogP contribution in [-0.2, 0) is 21.1 Å². The van der Waals surface area contributed by atoms with Crippen molar-refractivity contribution in [3.8, 4) is 0 Å². The zero-order chi connectivity index (χ0) is 22.0. The number of benzene rings is 2. The summed E-state index contributed by atoms with van der Waals surface area (Å²) in [7, 11) is -4.66. The molecule has 0 saturated heterocycles. The largest absolute Gasteiger partial charge is 0.341 e. The Morgan fingerprint density at radius 1 is 1.10 bits per heavy atom. The zero-order valence-electron chi connectivity index (χ0n) is 16.4. The van der Waals surface area contributed by atoms with Crippen molar-refractivity contribution in [1.29, 1.82) is 0 Å². The van der Waals surface area contributed by atoms with Crippen LogP contribution in [0.4, 0.5) is 14.5 Å². The number of sulfone groups is 1. The van der Waals surface area contributed by atoms with E-state index in [1.54, 1.807) is 11.3 Å². The highest BCUT2D eigenvalue weighted by Crippen LogP contribution is 2.37. The molecule has 2 heterocycles. The number of hydrogen-bond donors (Lipinski definition) is 1. The van der Waals surface area contributed by atoms with Gasteiger partial charge >= 0.3 is 5.76 Å². The van der Waals surface area contributed by atoms with Crippen molar-refractivity contribution in [3.05, 3.63) is 82.0 Å². The summed E-state index contributed by atoms with van der Waals surface area (Å²) < 4.78 is 48.4. The van der Waals surface area contributed by atoms with Crippen LogP contribution < -0.4 is 5.32 Å². The van der Waals surface area contributed by atoms with Gasteiger partial charge < -0.3 is 5.32 Å². The summed E-state index contributed by atoms with van der Waals surface area (Å²) in [6.45, 7) is 0.873. The average Bonchev–Trinajstić information content (AvgIpc) is 3.23. The van der Waals surface area contributed by atoms with Crippen molar-refractivity contribution < 1.29 is 22.0 Å². The second-order valence-corrected chi connectivity index (χ2v) is 10.1. The van der Waals surface area contributed by atoms with Crippen LogP contribution in [-0.4, -0.2) is 38.1 Å². The standard InChI is InChI=1S/C22H20F2N2O3S2/c23-22(24)31(28,29)17-8-6-16(7-9-17)25-20(27)14-26-12-10-19-18(11-13-30-19)21(26)15-4-2-1-3-5-15/h1-9,11,13,21-22H,10,12,14H2,(H,25,27)/t21-/m1/s1. The minimum absolute atomic E-state index is 0.0273. The molecule has 0 aliphatic carbocycles. The van der Waals surface area contributed by atoms with Gasteiger partial charge in [-0.15, -0.1) is 11.3 Å². The number of hydrogen-bond acceptors (Lipinski definition) is 5. The van der Waals surface area contributed by atoms with Crippen molar-refractivity contribution in [2.45, 2.75) is 23.1 Å². The molecule has 1 atom stereocenters. The summed E-state index contributed by atoms with van der Waals surface area (Å²) in [4.78, 5) is 15.7. The third kappa shape index (κ3) is 4.53. The monoisotopic (exact) mass is 462 g/mol. The summed E-state index contributed by atoms with van der Waals surface area (Å²) >= 11 is 1.72. The van der Waals surface area contributed by atoms with Crippen LogP contribution in [0.15, 0.2) is 70.9 Å². The highest BCUT2D eigenvalue weighted by atomic mass is 32.2. The van der Waals surface area contributed by atoms with E-state index in [-0.39, 0.29) is 18.5 Å². The first-order valence-electron chi connectivity index (χ1n) is 9.63. The molecule has 2 aromatic carbocycles. The number of anilines is 1. The summed E-state index contributed by atoms with van der Waals surface area (Å²) in [6, 6.07) is 16.8. The molecule has 1 N–H and O–H groups in total. The minimum Gasteiger partial charge on any atom is -0.325 e. The summed E-state index contributed by atoms with van der Waals surface area (Å²) in [6.07, 6.45) is 0.865. The Hall–Kier alpha value is -2.62. The first kappa shape index (κ1) is 21.6. The lowest BCUT2D eigenvalue weighted by molar-refractivity contribution is -0.117. The average molecular weight is 463 g/mol. The third-order valence-electron chi connectivity index (χ3n) is 5.23. The van der Waals surface area contributed by atoms with Crippen molar-refractivity contribution in [2.24, 2.45) is 0 Å². The Bertz CT molecular complexity index is 1160. The number of halogens is 2. The Morgan fingerprint density at radius 2 is 1.81 bits per heavy atom. The van der Waals surface area contributed by atoms with Gasteiger partial charge in [-0.25, -0.2) is 8.42 Å². The number of nitrogens with one attached hydrogen (secondary N) is 1. The lowest BCUT2D eigenvalue weighted by Gasteiger charge is -2.35. The number of carbonyl (C=O) groups is 1. The van der Waals surface area contributed by atoms with Gasteiger partial charge in [0.05, 0.1) is 17.5 Å². The predicted molar refractivity (Wildman–Crippen MR) is 116 cm³/mol. The zero-order valence-corrected chi connectivity index (χ0v) is 18.0. The highest BCUT2D eigenvalue weighted by Gasteiger charge is 2.31.